The van der Waals surface area contributed by atoms with Crippen molar-refractivity contribution in [3.05, 3.63) is 64.0 Å². The van der Waals surface area contributed by atoms with Gasteiger partial charge in [0.2, 0.25) is 11.6 Å². The number of nitrogens with one attached hydrogen (secondary N) is 1. The van der Waals surface area contributed by atoms with E-state index in [1.807, 2.05) is 0 Å². The molecule has 3 heterocycles. The van der Waals surface area contributed by atoms with Crippen LogP contribution in [0.3, 0.4) is 0 Å². The molecule has 0 fully saturated rings. The zero-order chi connectivity index (χ0) is 22.0. The van der Waals surface area contributed by atoms with Gasteiger partial charge in [-0.3, -0.25) is 9.78 Å². The molecule has 0 spiro atoms. The van der Waals surface area contributed by atoms with E-state index in [4.69, 9.17) is 28.9 Å². The zero-order valence-corrected chi connectivity index (χ0v) is 17.3. The maximum atomic E-state index is 12.9. The number of rotatable bonds is 5. The fourth-order valence-electron chi connectivity index (χ4n) is 2.67. The summed E-state index contributed by atoms with van der Waals surface area (Å²) in [5.74, 6) is -0.593. The lowest BCUT2D eigenvalue weighted by atomic mass is 10.1. The first-order chi connectivity index (χ1) is 15.0. The summed E-state index contributed by atoms with van der Waals surface area (Å²) in [6.45, 7) is 1.74. The second-order valence-corrected chi connectivity index (χ2v) is 6.99. The minimum absolute atomic E-state index is 0.0373. The summed E-state index contributed by atoms with van der Waals surface area (Å²) in [6, 6.07) is 8.32. The third kappa shape index (κ3) is 4.09. The minimum atomic E-state index is -0.615. The van der Waals surface area contributed by atoms with Gasteiger partial charge in [-0.1, -0.05) is 34.5 Å². The van der Waals surface area contributed by atoms with Crippen molar-refractivity contribution < 1.29 is 9.42 Å². The number of hydrazone groups is 1. The summed E-state index contributed by atoms with van der Waals surface area (Å²) in [7, 11) is 0. The molecule has 4 aromatic rings. The summed E-state index contributed by atoms with van der Waals surface area (Å²) in [6.07, 6.45) is 3.25. The lowest BCUT2D eigenvalue weighted by Gasteiger charge is -2.07. The summed E-state index contributed by atoms with van der Waals surface area (Å²) in [5.41, 5.74) is 10.3. The lowest BCUT2D eigenvalue weighted by molar-refractivity contribution is 0.0950. The molecular formula is C18H13Cl2N9O2. The molecule has 0 aliphatic heterocycles. The van der Waals surface area contributed by atoms with E-state index < -0.39 is 5.91 Å². The molecule has 11 nitrogen and oxygen atoms in total. The summed E-state index contributed by atoms with van der Waals surface area (Å²) < 4.78 is 5.86. The molecular weight excluding hydrogens is 445 g/mol. The van der Waals surface area contributed by atoms with Crippen LogP contribution < -0.4 is 11.2 Å². The number of carbonyl (C=O) groups excluding carboxylic acids is 1. The SMILES string of the molecule is CC(=NNC(=O)c1nnn(-c2nonc2N)c1-c1ccc(Cl)c(Cl)c1)c1ccncc1. The van der Waals surface area contributed by atoms with Crippen LogP contribution in [-0.2, 0) is 0 Å². The molecule has 0 aliphatic rings. The number of hydrogen-bond donors (Lipinski definition) is 2. The number of aromatic nitrogens is 6. The van der Waals surface area contributed by atoms with Crippen molar-refractivity contribution in [1.82, 2.24) is 35.7 Å². The van der Waals surface area contributed by atoms with Gasteiger partial charge < -0.3 is 5.73 Å². The number of amides is 1. The first-order valence-electron chi connectivity index (χ1n) is 8.70. The minimum Gasteiger partial charge on any atom is -0.378 e. The van der Waals surface area contributed by atoms with E-state index in [-0.39, 0.29) is 28.0 Å². The van der Waals surface area contributed by atoms with Crippen molar-refractivity contribution in [3.63, 3.8) is 0 Å². The molecule has 0 unspecified atom stereocenters. The number of nitrogens with zero attached hydrogens (tertiary/aromatic N) is 7. The summed E-state index contributed by atoms with van der Waals surface area (Å²) in [5, 5.41) is 20.0. The molecule has 0 bridgehead atoms. The number of benzene rings is 1. The van der Waals surface area contributed by atoms with E-state index in [2.05, 4.69) is 40.8 Å². The standard InChI is InChI=1S/C18H13Cl2N9O2/c1-9(10-4-6-22-7-5-10)23-25-18(30)14-15(11-2-3-12(19)13(20)8-11)29(28-24-14)17-16(21)26-31-27-17/h2-8H,1H3,(H2,21,26)(H,25,30). The van der Waals surface area contributed by atoms with E-state index >= 15 is 0 Å². The second kappa shape index (κ2) is 8.50. The Bertz CT molecular complexity index is 1280. The van der Waals surface area contributed by atoms with Gasteiger partial charge in [0.25, 0.3) is 5.91 Å². The molecule has 156 valence electrons. The van der Waals surface area contributed by atoms with Crippen LogP contribution in [-0.4, -0.2) is 41.9 Å². The third-order valence-electron chi connectivity index (χ3n) is 4.20. The Morgan fingerprint density at radius 3 is 2.61 bits per heavy atom. The fraction of sp³-hybridized carbons (Fsp3) is 0.0556. The monoisotopic (exact) mass is 457 g/mol. The lowest BCUT2D eigenvalue weighted by Crippen LogP contribution is -2.21. The number of halogens is 2. The molecule has 0 atom stereocenters. The Morgan fingerprint density at radius 1 is 1.16 bits per heavy atom. The van der Waals surface area contributed by atoms with Crippen molar-refractivity contribution >= 4 is 40.6 Å². The highest BCUT2D eigenvalue weighted by molar-refractivity contribution is 6.42. The first kappa shape index (κ1) is 20.4. The van der Waals surface area contributed by atoms with Crippen LogP contribution in [0.2, 0.25) is 10.0 Å². The van der Waals surface area contributed by atoms with Gasteiger partial charge in [0.15, 0.2) is 5.69 Å². The zero-order valence-electron chi connectivity index (χ0n) is 15.8. The van der Waals surface area contributed by atoms with Crippen LogP contribution in [0.4, 0.5) is 5.82 Å². The fourth-order valence-corrected chi connectivity index (χ4v) is 2.97. The predicted molar refractivity (Wildman–Crippen MR) is 113 cm³/mol. The Balaban J connectivity index is 1.75. The number of nitrogen functional groups attached to an aromatic ring is 1. The highest BCUT2D eigenvalue weighted by Gasteiger charge is 2.25. The van der Waals surface area contributed by atoms with Crippen molar-refractivity contribution in [2.75, 3.05) is 5.73 Å². The van der Waals surface area contributed by atoms with E-state index in [0.717, 1.165) is 5.56 Å². The Morgan fingerprint density at radius 2 is 1.94 bits per heavy atom. The average molecular weight is 458 g/mol. The van der Waals surface area contributed by atoms with Crippen LogP contribution in [0.25, 0.3) is 17.1 Å². The molecule has 0 aliphatic carbocycles. The highest BCUT2D eigenvalue weighted by atomic mass is 35.5. The normalized spacial score (nSPS) is 11.5. The van der Waals surface area contributed by atoms with Crippen molar-refractivity contribution in [1.29, 1.82) is 0 Å². The van der Waals surface area contributed by atoms with Gasteiger partial charge in [-0.05, 0) is 41.5 Å². The number of nitrogens with two attached hydrogens (primary N) is 1. The van der Waals surface area contributed by atoms with Gasteiger partial charge in [-0.2, -0.15) is 9.78 Å². The van der Waals surface area contributed by atoms with Gasteiger partial charge in [0, 0.05) is 23.5 Å². The number of anilines is 1. The largest absolute Gasteiger partial charge is 0.378 e. The van der Waals surface area contributed by atoms with E-state index in [1.54, 1.807) is 49.6 Å². The Kier molecular flexibility index (Phi) is 5.60. The van der Waals surface area contributed by atoms with Crippen LogP contribution in [0.15, 0.2) is 52.5 Å². The molecule has 0 radical (unpaired) electrons. The molecule has 1 aromatic carbocycles. The quantitative estimate of drug-likeness (QED) is 0.342. The van der Waals surface area contributed by atoms with Crippen molar-refractivity contribution in [3.8, 4) is 17.1 Å². The maximum absolute atomic E-state index is 12.9. The van der Waals surface area contributed by atoms with Crippen molar-refractivity contribution in [2.45, 2.75) is 6.92 Å². The topological polar surface area (TPSA) is 150 Å². The highest BCUT2D eigenvalue weighted by Crippen LogP contribution is 2.31. The smallest absolute Gasteiger partial charge is 0.294 e. The number of pyridine rings is 1. The number of hydrogen-bond acceptors (Lipinski definition) is 9. The van der Waals surface area contributed by atoms with Crippen molar-refractivity contribution in [2.24, 2.45) is 5.10 Å². The first-order valence-corrected chi connectivity index (χ1v) is 9.46. The van der Waals surface area contributed by atoms with E-state index in [9.17, 15) is 4.79 Å². The molecule has 0 saturated heterocycles. The van der Waals surface area contributed by atoms with Gasteiger partial charge >= 0.3 is 0 Å². The van der Waals surface area contributed by atoms with Gasteiger partial charge in [-0.15, -0.1) is 5.10 Å². The predicted octanol–water partition coefficient (Wildman–Crippen LogP) is 2.76. The average Bonchev–Trinajstić information content (AvgIpc) is 3.40. The Labute approximate surface area is 184 Å². The van der Waals surface area contributed by atoms with E-state index in [1.165, 1.54) is 4.68 Å². The molecule has 1 amide bonds. The molecule has 3 aromatic heterocycles. The second-order valence-electron chi connectivity index (χ2n) is 6.17. The maximum Gasteiger partial charge on any atom is 0.294 e. The molecule has 4 rings (SSSR count). The molecule has 3 N–H and O–H groups in total. The number of carbonyl (C=O) groups is 1. The third-order valence-corrected chi connectivity index (χ3v) is 4.94. The molecule has 13 heteroatoms. The summed E-state index contributed by atoms with van der Waals surface area (Å²) in [4.78, 5) is 16.8. The van der Waals surface area contributed by atoms with Gasteiger partial charge in [0.05, 0.1) is 15.8 Å². The van der Waals surface area contributed by atoms with Crippen LogP contribution in [0, 0.1) is 0 Å². The van der Waals surface area contributed by atoms with E-state index in [0.29, 0.717) is 16.3 Å². The van der Waals surface area contributed by atoms with Crippen LogP contribution in [0.1, 0.15) is 23.0 Å². The molecule has 0 saturated carbocycles. The van der Waals surface area contributed by atoms with Crippen LogP contribution in [0.5, 0.6) is 0 Å². The summed E-state index contributed by atoms with van der Waals surface area (Å²) >= 11 is 12.2. The van der Waals surface area contributed by atoms with Gasteiger partial charge in [0.1, 0.15) is 5.69 Å². The molecule has 31 heavy (non-hydrogen) atoms. The van der Waals surface area contributed by atoms with Crippen LogP contribution >= 0.6 is 23.2 Å². The Hall–Kier alpha value is -3.83. The van der Waals surface area contributed by atoms with Gasteiger partial charge in [-0.25, -0.2) is 10.1 Å².